The molecule has 124 valence electrons. The highest BCUT2D eigenvalue weighted by atomic mass is 19.3. The van der Waals surface area contributed by atoms with Crippen LogP contribution in [0.25, 0.3) is 0 Å². The maximum atomic E-state index is 13.0. The predicted octanol–water partition coefficient (Wildman–Crippen LogP) is 2.14. The lowest BCUT2D eigenvalue weighted by molar-refractivity contribution is -0.684. The number of carbonyl (C=O) groups excluding carboxylic acids is 2. The first-order chi connectivity index (χ1) is 11.3. The zero-order valence-electron chi connectivity index (χ0n) is 12.6. The van der Waals surface area contributed by atoms with E-state index in [2.05, 4.69) is 14.8 Å². The number of nitrogens with zero attached hydrogens (tertiary/aromatic N) is 1. The second-order valence-corrected chi connectivity index (χ2v) is 5.20. The molecule has 0 saturated heterocycles. The lowest BCUT2D eigenvalue weighted by Gasteiger charge is -2.05. The molecule has 2 heterocycles. The molecule has 1 aliphatic heterocycles. The maximum Gasteiger partial charge on any atom is 0.586 e. The van der Waals surface area contributed by atoms with Crippen LogP contribution in [0.2, 0.25) is 0 Å². The number of Topliss-reactive ketones (excluding diaryl/α,β-unsaturated/α-hetero) is 1. The van der Waals surface area contributed by atoms with Crippen molar-refractivity contribution in [3.63, 3.8) is 0 Å². The van der Waals surface area contributed by atoms with Crippen molar-refractivity contribution >= 4 is 17.4 Å². The molecule has 0 fully saturated rings. The smallest absolute Gasteiger partial charge is 0.395 e. The van der Waals surface area contributed by atoms with E-state index in [1.54, 1.807) is 29.1 Å². The average Bonchev–Trinajstić information content (AvgIpc) is 2.80. The van der Waals surface area contributed by atoms with Crippen LogP contribution in [-0.2, 0) is 11.3 Å². The van der Waals surface area contributed by atoms with Crippen LogP contribution in [0.5, 0.6) is 11.5 Å². The molecule has 2 aromatic rings. The van der Waals surface area contributed by atoms with Crippen molar-refractivity contribution in [3.05, 3.63) is 48.3 Å². The van der Waals surface area contributed by atoms with Crippen molar-refractivity contribution in [2.24, 2.45) is 0 Å². The minimum atomic E-state index is -3.70. The van der Waals surface area contributed by atoms with Gasteiger partial charge in [0.05, 0.1) is 5.56 Å². The molecule has 0 bridgehead atoms. The van der Waals surface area contributed by atoms with Crippen LogP contribution in [0, 0.1) is 0 Å². The normalized spacial score (nSPS) is 14.3. The number of hydrogen-bond donors (Lipinski definition) is 1. The van der Waals surface area contributed by atoms with E-state index in [1.807, 2.05) is 0 Å². The number of carbonyl (C=O) groups is 2. The third-order valence-electron chi connectivity index (χ3n) is 3.28. The number of benzene rings is 1. The third kappa shape index (κ3) is 3.48. The molecule has 1 aromatic heterocycles. The molecule has 3 rings (SSSR count). The van der Waals surface area contributed by atoms with Crippen molar-refractivity contribution < 1.29 is 32.4 Å². The van der Waals surface area contributed by atoms with Crippen LogP contribution in [0.3, 0.4) is 0 Å². The van der Waals surface area contributed by atoms with Gasteiger partial charge in [-0.15, -0.1) is 8.78 Å². The molecule has 6 nitrogen and oxygen atoms in total. The Morgan fingerprint density at radius 2 is 1.96 bits per heavy atom. The van der Waals surface area contributed by atoms with Crippen molar-refractivity contribution in [1.29, 1.82) is 0 Å². The minimum Gasteiger partial charge on any atom is -0.395 e. The summed E-state index contributed by atoms with van der Waals surface area (Å²) in [6.07, 6.45) is -0.498. The Morgan fingerprint density at radius 1 is 1.21 bits per heavy atom. The molecule has 1 amide bonds. The number of anilines is 1. The topological polar surface area (TPSA) is 68.5 Å². The quantitative estimate of drug-likeness (QED) is 0.687. The van der Waals surface area contributed by atoms with E-state index >= 15 is 0 Å². The second-order valence-electron chi connectivity index (χ2n) is 5.20. The fraction of sp³-hybridized carbons (Fsp3) is 0.188. The Morgan fingerprint density at radius 3 is 2.71 bits per heavy atom. The average molecular weight is 335 g/mol. The molecule has 1 aliphatic rings. The number of nitrogens with one attached hydrogen (secondary N) is 1. The Labute approximate surface area is 135 Å². The van der Waals surface area contributed by atoms with E-state index in [-0.39, 0.29) is 29.7 Å². The number of pyridine rings is 1. The van der Waals surface area contributed by atoms with Crippen molar-refractivity contribution in [1.82, 2.24) is 0 Å². The second kappa shape index (κ2) is 5.88. The summed E-state index contributed by atoms with van der Waals surface area (Å²) in [6.45, 7) is 1.40. The summed E-state index contributed by atoms with van der Waals surface area (Å²) in [6, 6.07) is 7.28. The van der Waals surface area contributed by atoms with Gasteiger partial charge in [-0.3, -0.25) is 9.59 Å². The van der Waals surface area contributed by atoms with Crippen molar-refractivity contribution in [2.75, 3.05) is 5.32 Å². The summed E-state index contributed by atoms with van der Waals surface area (Å²) in [5.74, 6) is -0.738. The first kappa shape index (κ1) is 15.9. The van der Waals surface area contributed by atoms with E-state index in [0.29, 0.717) is 11.3 Å². The molecule has 0 saturated carbocycles. The highest BCUT2D eigenvalue weighted by Crippen LogP contribution is 2.42. The van der Waals surface area contributed by atoms with Gasteiger partial charge in [-0.2, -0.15) is 4.57 Å². The van der Waals surface area contributed by atoms with Crippen LogP contribution < -0.4 is 19.4 Å². The largest absolute Gasteiger partial charge is 0.586 e. The number of aromatic nitrogens is 1. The highest BCUT2D eigenvalue weighted by molar-refractivity contribution is 5.93. The Bertz CT molecular complexity index is 823. The number of fused-ring (bicyclic) bond motifs is 1. The number of amides is 1. The zero-order valence-corrected chi connectivity index (χ0v) is 12.6. The van der Waals surface area contributed by atoms with Gasteiger partial charge in [0.2, 0.25) is 6.54 Å². The van der Waals surface area contributed by atoms with Crippen LogP contribution in [-0.4, -0.2) is 18.0 Å². The molecule has 0 atom stereocenters. The van der Waals surface area contributed by atoms with Gasteiger partial charge >= 0.3 is 6.29 Å². The molecule has 1 aromatic carbocycles. The summed E-state index contributed by atoms with van der Waals surface area (Å²) in [5, 5.41) is 2.57. The Balaban J connectivity index is 1.68. The number of ether oxygens (including phenoxy) is 2. The van der Waals surface area contributed by atoms with Crippen LogP contribution in [0.15, 0.2) is 42.7 Å². The molecule has 1 N–H and O–H groups in total. The predicted molar refractivity (Wildman–Crippen MR) is 77.9 cm³/mol. The van der Waals surface area contributed by atoms with E-state index in [9.17, 15) is 18.4 Å². The summed E-state index contributed by atoms with van der Waals surface area (Å²) in [4.78, 5) is 23.4. The summed E-state index contributed by atoms with van der Waals surface area (Å²) in [7, 11) is 0. The van der Waals surface area contributed by atoms with E-state index in [4.69, 9.17) is 0 Å². The van der Waals surface area contributed by atoms with Crippen LogP contribution in [0.4, 0.5) is 14.5 Å². The first-order valence-corrected chi connectivity index (χ1v) is 7.02. The SMILES string of the molecule is CC(=O)c1ccc[n+](CC(=O)Nc2ccc3c(c2)OC(F)(F)O3)c1. The van der Waals surface area contributed by atoms with E-state index < -0.39 is 6.29 Å². The lowest BCUT2D eigenvalue weighted by atomic mass is 10.2. The molecule has 0 unspecified atom stereocenters. The number of rotatable bonds is 4. The first-order valence-electron chi connectivity index (χ1n) is 7.02. The monoisotopic (exact) mass is 335 g/mol. The minimum absolute atomic E-state index is 0.0360. The van der Waals surface area contributed by atoms with Gasteiger partial charge in [0.25, 0.3) is 5.91 Å². The summed E-state index contributed by atoms with van der Waals surface area (Å²) in [5.41, 5.74) is 0.777. The Kier molecular flexibility index (Phi) is 3.88. The lowest BCUT2D eigenvalue weighted by Crippen LogP contribution is -2.40. The van der Waals surface area contributed by atoms with Crippen molar-refractivity contribution in [3.8, 4) is 11.5 Å². The molecule has 8 heteroatoms. The molecular weight excluding hydrogens is 322 g/mol. The summed E-state index contributed by atoms with van der Waals surface area (Å²) < 4.78 is 36.1. The van der Waals surface area contributed by atoms with Gasteiger partial charge in [0.15, 0.2) is 29.7 Å². The number of alkyl halides is 2. The zero-order chi connectivity index (χ0) is 17.3. The van der Waals surface area contributed by atoms with Gasteiger partial charge in [-0.25, -0.2) is 0 Å². The summed E-state index contributed by atoms with van der Waals surface area (Å²) >= 11 is 0. The van der Waals surface area contributed by atoms with Gasteiger partial charge in [0.1, 0.15) is 0 Å². The Hall–Kier alpha value is -3.03. The highest BCUT2D eigenvalue weighted by Gasteiger charge is 2.43. The fourth-order valence-electron chi connectivity index (χ4n) is 2.22. The molecule has 24 heavy (non-hydrogen) atoms. The van der Waals surface area contributed by atoms with Crippen LogP contribution >= 0.6 is 0 Å². The number of halogens is 2. The van der Waals surface area contributed by atoms with Crippen molar-refractivity contribution in [2.45, 2.75) is 19.8 Å². The van der Waals surface area contributed by atoms with Crippen LogP contribution in [0.1, 0.15) is 17.3 Å². The number of ketones is 1. The van der Waals surface area contributed by atoms with Gasteiger partial charge in [0, 0.05) is 17.8 Å². The molecule has 0 aliphatic carbocycles. The fourth-order valence-corrected chi connectivity index (χ4v) is 2.22. The standard InChI is InChI=1S/C16H12F2N2O4/c1-10(21)11-3-2-6-20(8-11)9-15(22)19-12-4-5-13-14(7-12)24-16(17,18)23-13/h2-8H,9H2,1H3/p+1. The van der Waals surface area contributed by atoms with Gasteiger partial charge in [-0.1, -0.05) is 0 Å². The number of hydrogen-bond acceptors (Lipinski definition) is 4. The van der Waals surface area contributed by atoms with E-state index in [0.717, 1.165) is 0 Å². The van der Waals surface area contributed by atoms with E-state index in [1.165, 1.54) is 25.1 Å². The van der Waals surface area contributed by atoms with Gasteiger partial charge in [-0.05, 0) is 25.1 Å². The molecule has 0 spiro atoms. The third-order valence-corrected chi connectivity index (χ3v) is 3.28. The molecular formula is C16H13F2N2O4+. The molecule has 0 radical (unpaired) electrons. The van der Waals surface area contributed by atoms with Gasteiger partial charge < -0.3 is 14.8 Å². The maximum absolute atomic E-state index is 13.0.